The van der Waals surface area contributed by atoms with Crippen molar-refractivity contribution in [1.29, 1.82) is 0 Å². The first kappa shape index (κ1) is 16.4. The molecule has 3 rings (SSSR count). The van der Waals surface area contributed by atoms with Crippen molar-refractivity contribution in [2.45, 2.75) is 13.3 Å². The van der Waals surface area contributed by atoms with Gasteiger partial charge in [0.05, 0.1) is 29.0 Å². The summed E-state index contributed by atoms with van der Waals surface area (Å²) in [7, 11) is 3.46. The molecule has 2 aromatic rings. The second-order valence-corrected chi connectivity index (χ2v) is 6.68. The van der Waals surface area contributed by atoms with Crippen molar-refractivity contribution in [3.8, 4) is 0 Å². The van der Waals surface area contributed by atoms with Gasteiger partial charge in [-0.1, -0.05) is 0 Å². The predicted octanol–water partition coefficient (Wildman–Crippen LogP) is 1.55. The summed E-state index contributed by atoms with van der Waals surface area (Å²) < 4.78 is 0. The molecule has 0 fully saturated rings. The molecule has 8 heteroatoms. The number of likely N-dealkylation sites (N-methyl/N-ethyl adjacent to an activating group) is 2. The summed E-state index contributed by atoms with van der Waals surface area (Å²) in [6.07, 6.45) is 2.32. The van der Waals surface area contributed by atoms with Crippen LogP contribution in [0.1, 0.15) is 20.9 Å². The molecule has 126 valence electrons. The van der Waals surface area contributed by atoms with Gasteiger partial charge in [0.1, 0.15) is 5.82 Å². The van der Waals surface area contributed by atoms with Gasteiger partial charge in [-0.2, -0.15) is 0 Å². The van der Waals surface area contributed by atoms with Gasteiger partial charge in [0.15, 0.2) is 0 Å². The van der Waals surface area contributed by atoms with Crippen LogP contribution in [0.25, 0.3) is 0 Å². The number of anilines is 2. The zero-order valence-corrected chi connectivity index (χ0v) is 14.7. The fraction of sp³-hybridized carbons (Fsp3) is 0.375. The highest BCUT2D eigenvalue weighted by Crippen LogP contribution is 2.27. The number of rotatable bonds is 4. The van der Waals surface area contributed by atoms with Gasteiger partial charge in [-0.3, -0.25) is 9.59 Å². The smallest absolute Gasteiger partial charge is 0.255 e. The first-order chi connectivity index (χ1) is 11.5. The lowest BCUT2D eigenvalue weighted by Gasteiger charge is -2.26. The van der Waals surface area contributed by atoms with Crippen LogP contribution >= 0.6 is 11.3 Å². The van der Waals surface area contributed by atoms with E-state index in [0.717, 1.165) is 12.1 Å². The molecule has 0 aromatic carbocycles. The maximum absolute atomic E-state index is 12.6. The number of pyridine rings is 1. The third-order valence-electron chi connectivity index (χ3n) is 4.12. The number of fused-ring (bicyclic) bond motifs is 1. The topological polar surface area (TPSA) is 78.4 Å². The Morgan fingerprint density at radius 2 is 2.25 bits per heavy atom. The lowest BCUT2D eigenvalue weighted by atomic mass is 10.2. The summed E-state index contributed by atoms with van der Waals surface area (Å²) in [5, 5.41) is 2.96. The Balaban J connectivity index is 1.73. The number of nitrogens with zero attached hydrogens (tertiary/aromatic N) is 4. The predicted molar refractivity (Wildman–Crippen MR) is 93.7 cm³/mol. The Bertz CT molecular complexity index is 789. The molecular formula is C16H19N5O2S. The number of hydrogen-bond donors (Lipinski definition) is 1. The quantitative estimate of drug-likeness (QED) is 0.910. The van der Waals surface area contributed by atoms with Crippen molar-refractivity contribution in [3.05, 3.63) is 33.9 Å². The molecule has 0 spiro atoms. The Hall–Kier alpha value is -2.48. The van der Waals surface area contributed by atoms with Gasteiger partial charge in [0, 0.05) is 38.1 Å². The van der Waals surface area contributed by atoms with Crippen LogP contribution in [0, 0.1) is 6.92 Å². The van der Waals surface area contributed by atoms with E-state index >= 15 is 0 Å². The third kappa shape index (κ3) is 3.09. The molecule has 24 heavy (non-hydrogen) atoms. The lowest BCUT2D eigenvalue weighted by Crippen LogP contribution is -2.37. The van der Waals surface area contributed by atoms with Crippen LogP contribution in [0.15, 0.2) is 17.8 Å². The number of nitrogens with one attached hydrogen (secondary N) is 1. The molecule has 0 aliphatic carbocycles. The van der Waals surface area contributed by atoms with Gasteiger partial charge in [0.25, 0.3) is 5.91 Å². The van der Waals surface area contributed by atoms with Gasteiger partial charge >= 0.3 is 0 Å². The number of carbonyl (C=O) groups is 2. The standard InChI is InChI=1S/C16H19N5O2S/c1-10-13(24-9-19-10)4-5-20(2)16(23)11-6-12-15(17-7-11)18-8-14(22)21(12)3/h6-7,9H,4-5,8H2,1-3H3,(H,17,18). The highest BCUT2D eigenvalue weighted by molar-refractivity contribution is 7.09. The monoisotopic (exact) mass is 345 g/mol. The van der Waals surface area contributed by atoms with E-state index in [4.69, 9.17) is 0 Å². The third-order valence-corrected chi connectivity index (χ3v) is 5.12. The van der Waals surface area contributed by atoms with Crippen LogP contribution in [-0.4, -0.2) is 53.9 Å². The highest BCUT2D eigenvalue weighted by Gasteiger charge is 2.23. The van der Waals surface area contributed by atoms with Crippen molar-refractivity contribution in [2.24, 2.45) is 0 Å². The molecule has 3 heterocycles. The first-order valence-corrected chi connectivity index (χ1v) is 8.50. The van der Waals surface area contributed by atoms with Crippen LogP contribution in [0.5, 0.6) is 0 Å². The summed E-state index contributed by atoms with van der Waals surface area (Å²) >= 11 is 1.60. The highest BCUT2D eigenvalue weighted by atomic mass is 32.1. The van der Waals surface area contributed by atoms with E-state index in [1.54, 1.807) is 42.6 Å². The molecule has 0 bridgehead atoms. The number of aryl methyl sites for hydroxylation is 1. The zero-order valence-electron chi connectivity index (χ0n) is 13.9. The summed E-state index contributed by atoms with van der Waals surface area (Å²) in [4.78, 5) is 37.3. The van der Waals surface area contributed by atoms with E-state index in [1.165, 1.54) is 9.78 Å². The summed E-state index contributed by atoms with van der Waals surface area (Å²) in [6, 6.07) is 1.71. The maximum Gasteiger partial charge on any atom is 0.255 e. The molecular weight excluding hydrogens is 326 g/mol. The van der Waals surface area contributed by atoms with E-state index in [9.17, 15) is 9.59 Å². The van der Waals surface area contributed by atoms with E-state index in [0.29, 0.717) is 23.6 Å². The number of amides is 2. The van der Waals surface area contributed by atoms with Gasteiger partial charge < -0.3 is 15.1 Å². The van der Waals surface area contributed by atoms with Crippen molar-refractivity contribution in [1.82, 2.24) is 14.9 Å². The van der Waals surface area contributed by atoms with Gasteiger partial charge in [0.2, 0.25) is 5.91 Å². The largest absolute Gasteiger partial charge is 0.359 e. The number of thiazole rings is 1. The van der Waals surface area contributed by atoms with Crippen molar-refractivity contribution in [3.63, 3.8) is 0 Å². The van der Waals surface area contributed by atoms with Gasteiger partial charge in [-0.05, 0) is 13.0 Å². The molecule has 0 unspecified atom stereocenters. The minimum absolute atomic E-state index is 0.0528. The Morgan fingerprint density at radius 1 is 1.46 bits per heavy atom. The van der Waals surface area contributed by atoms with Crippen LogP contribution < -0.4 is 10.2 Å². The molecule has 1 N–H and O–H groups in total. The molecule has 0 atom stereocenters. The first-order valence-electron chi connectivity index (χ1n) is 7.62. The molecule has 2 aromatic heterocycles. The van der Waals surface area contributed by atoms with E-state index in [1.807, 2.05) is 12.4 Å². The molecule has 1 aliphatic rings. The molecule has 0 saturated carbocycles. The van der Waals surface area contributed by atoms with Gasteiger partial charge in [-0.25, -0.2) is 9.97 Å². The maximum atomic E-state index is 12.6. The van der Waals surface area contributed by atoms with Crippen molar-refractivity contribution in [2.75, 3.05) is 37.4 Å². The lowest BCUT2D eigenvalue weighted by molar-refractivity contribution is -0.116. The summed E-state index contributed by atoms with van der Waals surface area (Å²) in [5.41, 5.74) is 3.94. The number of carbonyl (C=O) groups excluding carboxylic acids is 2. The van der Waals surface area contributed by atoms with Crippen molar-refractivity contribution >= 4 is 34.7 Å². The minimum Gasteiger partial charge on any atom is -0.359 e. The van der Waals surface area contributed by atoms with Gasteiger partial charge in [-0.15, -0.1) is 11.3 Å². The zero-order chi connectivity index (χ0) is 17.3. The van der Waals surface area contributed by atoms with E-state index in [2.05, 4.69) is 15.3 Å². The van der Waals surface area contributed by atoms with E-state index < -0.39 is 0 Å². The van der Waals surface area contributed by atoms with Crippen LogP contribution in [0.2, 0.25) is 0 Å². The fourth-order valence-corrected chi connectivity index (χ4v) is 3.30. The Kier molecular flexibility index (Phi) is 4.48. The summed E-state index contributed by atoms with van der Waals surface area (Å²) in [5.74, 6) is 0.457. The van der Waals surface area contributed by atoms with Crippen LogP contribution in [0.4, 0.5) is 11.5 Å². The second kappa shape index (κ2) is 6.56. The Labute approximate surface area is 144 Å². The van der Waals surface area contributed by atoms with E-state index in [-0.39, 0.29) is 18.4 Å². The van der Waals surface area contributed by atoms with Crippen LogP contribution in [0.3, 0.4) is 0 Å². The average molecular weight is 345 g/mol. The SMILES string of the molecule is Cc1ncsc1CCN(C)C(=O)c1cnc2c(c1)N(C)C(=O)CN2. The fourth-order valence-electron chi connectivity index (χ4n) is 2.53. The number of hydrogen-bond acceptors (Lipinski definition) is 6. The second-order valence-electron chi connectivity index (χ2n) is 5.74. The van der Waals surface area contributed by atoms with Crippen LogP contribution in [-0.2, 0) is 11.2 Å². The Morgan fingerprint density at radius 3 is 2.96 bits per heavy atom. The molecule has 2 amide bonds. The molecule has 7 nitrogen and oxygen atoms in total. The van der Waals surface area contributed by atoms with Crippen molar-refractivity contribution < 1.29 is 9.59 Å². The summed E-state index contributed by atoms with van der Waals surface area (Å²) in [6.45, 7) is 2.80. The normalized spacial score (nSPS) is 13.5. The number of aromatic nitrogens is 2. The molecule has 0 radical (unpaired) electrons. The molecule has 1 aliphatic heterocycles. The minimum atomic E-state index is -0.112. The molecule has 0 saturated heterocycles. The average Bonchev–Trinajstić information content (AvgIpc) is 3.00.